The van der Waals surface area contributed by atoms with Gasteiger partial charge < -0.3 is 19.5 Å². The first-order valence-electron chi connectivity index (χ1n) is 8.76. The number of hydrogen-bond acceptors (Lipinski definition) is 6. The van der Waals surface area contributed by atoms with Crippen LogP contribution in [0.3, 0.4) is 0 Å². The van der Waals surface area contributed by atoms with Gasteiger partial charge in [-0.05, 0) is 37.3 Å². The molecular formula is C20H21NO5S. The van der Waals surface area contributed by atoms with Crippen molar-refractivity contribution in [3.63, 3.8) is 0 Å². The largest absolute Gasteiger partial charge is 0.490 e. The van der Waals surface area contributed by atoms with Crippen molar-refractivity contribution in [2.75, 3.05) is 30.9 Å². The molecule has 27 heavy (non-hydrogen) atoms. The second kappa shape index (κ2) is 9.32. The zero-order valence-electron chi connectivity index (χ0n) is 15.0. The zero-order chi connectivity index (χ0) is 19.1. The molecule has 1 aliphatic heterocycles. The summed E-state index contributed by atoms with van der Waals surface area (Å²) in [5.74, 6) is 0.972. The van der Waals surface area contributed by atoms with E-state index in [1.807, 2.05) is 18.2 Å². The summed E-state index contributed by atoms with van der Waals surface area (Å²) in [5, 5.41) is 2.78. The van der Waals surface area contributed by atoms with Crippen molar-refractivity contribution in [2.45, 2.75) is 18.2 Å². The molecule has 0 radical (unpaired) electrons. The van der Waals surface area contributed by atoms with Crippen molar-refractivity contribution in [3.8, 4) is 11.5 Å². The van der Waals surface area contributed by atoms with E-state index in [2.05, 4.69) is 5.32 Å². The van der Waals surface area contributed by atoms with Crippen LogP contribution in [-0.4, -0.2) is 37.4 Å². The molecule has 7 heteroatoms. The van der Waals surface area contributed by atoms with Gasteiger partial charge in [0.15, 0.2) is 11.5 Å². The van der Waals surface area contributed by atoms with Crippen LogP contribution in [0.15, 0.2) is 47.4 Å². The lowest BCUT2D eigenvalue weighted by atomic mass is 10.2. The predicted molar refractivity (Wildman–Crippen MR) is 104 cm³/mol. The fourth-order valence-electron chi connectivity index (χ4n) is 2.55. The second-order valence-corrected chi connectivity index (χ2v) is 6.81. The van der Waals surface area contributed by atoms with Crippen molar-refractivity contribution < 1.29 is 23.8 Å². The highest BCUT2D eigenvalue weighted by Crippen LogP contribution is 2.33. The molecule has 2 aromatic carbocycles. The van der Waals surface area contributed by atoms with Crippen molar-refractivity contribution in [1.29, 1.82) is 0 Å². The molecule has 1 amide bonds. The summed E-state index contributed by atoms with van der Waals surface area (Å²) in [6.45, 7) is 3.28. The smallest absolute Gasteiger partial charge is 0.340 e. The molecule has 0 aliphatic carbocycles. The molecule has 0 fully saturated rings. The van der Waals surface area contributed by atoms with Crippen LogP contribution in [0.1, 0.15) is 23.7 Å². The minimum atomic E-state index is -0.455. The van der Waals surface area contributed by atoms with Crippen LogP contribution >= 0.6 is 11.8 Å². The quantitative estimate of drug-likeness (QED) is 0.601. The molecule has 3 rings (SSSR count). The van der Waals surface area contributed by atoms with Gasteiger partial charge in [0.05, 0.1) is 36.8 Å². The third-order valence-corrected chi connectivity index (χ3v) is 4.78. The van der Waals surface area contributed by atoms with Gasteiger partial charge in [0.25, 0.3) is 0 Å². The van der Waals surface area contributed by atoms with Crippen molar-refractivity contribution >= 4 is 29.3 Å². The molecule has 0 saturated heterocycles. The van der Waals surface area contributed by atoms with E-state index in [0.717, 1.165) is 17.1 Å². The lowest BCUT2D eigenvalue weighted by Gasteiger charge is -2.11. The van der Waals surface area contributed by atoms with Crippen LogP contribution in [0.5, 0.6) is 11.5 Å². The van der Waals surface area contributed by atoms with Gasteiger partial charge in [-0.3, -0.25) is 4.79 Å². The molecule has 0 atom stereocenters. The summed E-state index contributed by atoms with van der Waals surface area (Å²) >= 11 is 1.39. The number of carbonyl (C=O) groups is 2. The first kappa shape index (κ1) is 19.1. The number of fused-ring (bicyclic) bond motifs is 1. The standard InChI is InChI=1S/C20H21NO5S/c1-2-24-20(23)15-6-3-4-7-16(15)21-19(22)13-27-14-8-9-17-18(12-14)26-11-5-10-25-17/h3-4,6-9,12H,2,5,10-11,13H2,1H3,(H,21,22). The number of carbonyl (C=O) groups excluding carboxylic acids is 2. The topological polar surface area (TPSA) is 73.9 Å². The first-order chi connectivity index (χ1) is 13.2. The van der Waals surface area contributed by atoms with Gasteiger partial charge in [0.1, 0.15) is 0 Å². The summed E-state index contributed by atoms with van der Waals surface area (Å²) in [6.07, 6.45) is 0.847. The molecular weight excluding hydrogens is 366 g/mol. The number of ether oxygens (including phenoxy) is 3. The normalized spacial score (nSPS) is 12.8. The lowest BCUT2D eigenvalue weighted by Crippen LogP contribution is -2.17. The van der Waals surface area contributed by atoms with Gasteiger partial charge in [0, 0.05) is 11.3 Å². The van der Waals surface area contributed by atoms with Gasteiger partial charge in [0.2, 0.25) is 5.91 Å². The van der Waals surface area contributed by atoms with E-state index >= 15 is 0 Å². The molecule has 1 aliphatic rings. The highest BCUT2D eigenvalue weighted by molar-refractivity contribution is 8.00. The number of anilines is 1. The molecule has 0 aromatic heterocycles. The summed E-state index contributed by atoms with van der Waals surface area (Å²) in [6, 6.07) is 12.4. The summed E-state index contributed by atoms with van der Waals surface area (Å²) in [5.41, 5.74) is 0.786. The monoisotopic (exact) mass is 387 g/mol. The maximum Gasteiger partial charge on any atom is 0.340 e. The van der Waals surface area contributed by atoms with Crippen LogP contribution in [0.2, 0.25) is 0 Å². The molecule has 142 valence electrons. The Morgan fingerprint density at radius 3 is 2.70 bits per heavy atom. The van der Waals surface area contributed by atoms with Gasteiger partial charge in [-0.2, -0.15) is 0 Å². The Labute approximate surface area is 162 Å². The number of esters is 1. The lowest BCUT2D eigenvalue weighted by molar-refractivity contribution is -0.113. The maximum absolute atomic E-state index is 12.3. The summed E-state index contributed by atoms with van der Waals surface area (Å²) in [7, 11) is 0. The van der Waals surface area contributed by atoms with Crippen molar-refractivity contribution in [2.24, 2.45) is 0 Å². The van der Waals surface area contributed by atoms with E-state index in [1.165, 1.54) is 11.8 Å². The number of amides is 1. The maximum atomic E-state index is 12.3. The van der Waals surface area contributed by atoms with E-state index in [-0.39, 0.29) is 18.3 Å². The van der Waals surface area contributed by atoms with Gasteiger partial charge in [-0.1, -0.05) is 12.1 Å². The van der Waals surface area contributed by atoms with Gasteiger partial charge in [-0.15, -0.1) is 11.8 Å². The van der Waals surface area contributed by atoms with Crippen molar-refractivity contribution in [3.05, 3.63) is 48.0 Å². The van der Waals surface area contributed by atoms with Crippen LogP contribution in [0.25, 0.3) is 0 Å². The average molecular weight is 387 g/mol. The second-order valence-electron chi connectivity index (χ2n) is 5.76. The molecule has 0 unspecified atom stereocenters. The Kier molecular flexibility index (Phi) is 6.59. The van der Waals surface area contributed by atoms with Crippen molar-refractivity contribution in [1.82, 2.24) is 0 Å². The number of rotatable bonds is 6. The first-order valence-corrected chi connectivity index (χ1v) is 9.74. The Morgan fingerprint density at radius 1 is 1.11 bits per heavy atom. The van der Waals surface area contributed by atoms with Crippen LogP contribution in [0.4, 0.5) is 5.69 Å². The number of benzene rings is 2. The van der Waals surface area contributed by atoms with E-state index in [1.54, 1.807) is 31.2 Å². The van der Waals surface area contributed by atoms with E-state index < -0.39 is 5.97 Å². The molecule has 1 N–H and O–H groups in total. The third-order valence-electron chi connectivity index (χ3n) is 3.79. The Hall–Kier alpha value is -2.67. The number of thioether (sulfide) groups is 1. The summed E-state index contributed by atoms with van der Waals surface area (Å²) in [4.78, 5) is 25.2. The minimum Gasteiger partial charge on any atom is -0.490 e. The molecule has 0 bridgehead atoms. The minimum absolute atomic E-state index is 0.205. The Bertz CT molecular complexity index is 824. The third kappa shape index (κ3) is 5.17. The highest BCUT2D eigenvalue weighted by Gasteiger charge is 2.15. The molecule has 1 heterocycles. The molecule has 0 saturated carbocycles. The molecule has 2 aromatic rings. The van der Waals surface area contributed by atoms with Gasteiger partial charge in [-0.25, -0.2) is 4.79 Å². The van der Waals surface area contributed by atoms with E-state index in [4.69, 9.17) is 14.2 Å². The number of para-hydroxylation sites is 1. The van der Waals surface area contributed by atoms with Crippen LogP contribution in [-0.2, 0) is 9.53 Å². The van der Waals surface area contributed by atoms with E-state index in [0.29, 0.717) is 30.2 Å². The Balaban J connectivity index is 1.61. The Morgan fingerprint density at radius 2 is 1.89 bits per heavy atom. The average Bonchev–Trinajstić information content (AvgIpc) is 2.92. The van der Waals surface area contributed by atoms with Crippen LogP contribution in [0, 0.1) is 0 Å². The van der Waals surface area contributed by atoms with Gasteiger partial charge >= 0.3 is 5.97 Å². The fraction of sp³-hybridized carbons (Fsp3) is 0.300. The van der Waals surface area contributed by atoms with Crippen LogP contribution < -0.4 is 14.8 Å². The SMILES string of the molecule is CCOC(=O)c1ccccc1NC(=O)CSc1ccc2c(c1)OCCCO2. The highest BCUT2D eigenvalue weighted by atomic mass is 32.2. The fourth-order valence-corrected chi connectivity index (χ4v) is 3.27. The number of hydrogen-bond donors (Lipinski definition) is 1. The summed E-state index contributed by atoms with van der Waals surface area (Å²) < 4.78 is 16.3. The predicted octanol–water partition coefficient (Wildman–Crippen LogP) is 3.76. The van der Waals surface area contributed by atoms with E-state index in [9.17, 15) is 9.59 Å². The molecule has 6 nitrogen and oxygen atoms in total. The zero-order valence-corrected chi connectivity index (χ0v) is 15.8. The number of nitrogens with one attached hydrogen (secondary N) is 1. The molecule has 0 spiro atoms.